The number of H-pyrrole nitrogens is 1. The van der Waals surface area contributed by atoms with Crippen LogP contribution in [0, 0.1) is 0 Å². The van der Waals surface area contributed by atoms with Crippen molar-refractivity contribution < 1.29 is 9.53 Å². The number of rotatable bonds is 5. The van der Waals surface area contributed by atoms with E-state index in [4.69, 9.17) is 4.74 Å². The van der Waals surface area contributed by atoms with Crippen LogP contribution in [-0.4, -0.2) is 27.7 Å². The largest absolute Gasteiger partial charge is 0.476 e. The maximum atomic E-state index is 12.3. The molecule has 0 aromatic carbocycles. The molecule has 2 aromatic heterocycles. The first-order chi connectivity index (χ1) is 10.2. The number of nitrogens with one attached hydrogen (secondary N) is 2. The Hall–Kier alpha value is -1.89. The van der Waals surface area contributed by atoms with Gasteiger partial charge in [0, 0.05) is 12.1 Å². The fourth-order valence-corrected chi connectivity index (χ4v) is 2.74. The lowest BCUT2D eigenvalue weighted by atomic mass is 10.2. The highest BCUT2D eigenvalue weighted by Crippen LogP contribution is 2.43. The molecule has 21 heavy (non-hydrogen) atoms. The van der Waals surface area contributed by atoms with Crippen LogP contribution in [0.3, 0.4) is 0 Å². The molecule has 1 saturated carbocycles. The van der Waals surface area contributed by atoms with Crippen molar-refractivity contribution >= 4 is 27.5 Å². The molecule has 110 valence electrons. The second-order valence-electron chi connectivity index (χ2n) is 4.82. The van der Waals surface area contributed by atoms with E-state index < -0.39 is 0 Å². The highest BCUT2D eigenvalue weighted by molar-refractivity contribution is 9.10. The topological polar surface area (TPSA) is 79.9 Å². The summed E-state index contributed by atoms with van der Waals surface area (Å²) in [5.41, 5.74) is 1.88. The number of aromatic amines is 1. The van der Waals surface area contributed by atoms with Gasteiger partial charge in [0.2, 0.25) is 5.88 Å². The van der Waals surface area contributed by atoms with E-state index in [-0.39, 0.29) is 5.91 Å². The number of halogens is 1. The van der Waals surface area contributed by atoms with E-state index in [2.05, 4.69) is 36.4 Å². The van der Waals surface area contributed by atoms with Crippen molar-refractivity contribution in [2.24, 2.45) is 0 Å². The minimum Gasteiger partial charge on any atom is -0.476 e. The predicted octanol–water partition coefficient (Wildman–Crippen LogP) is 3.10. The van der Waals surface area contributed by atoms with E-state index >= 15 is 0 Å². The summed E-state index contributed by atoms with van der Waals surface area (Å²) in [6, 6.07) is 3.49. The van der Waals surface area contributed by atoms with Gasteiger partial charge in [0.25, 0.3) is 5.91 Å². The van der Waals surface area contributed by atoms with Gasteiger partial charge in [-0.2, -0.15) is 5.10 Å². The summed E-state index contributed by atoms with van der Waals surface area (Å²) in [7, 11) is 0. The Labute approximate surface area is 130 Å². The Morgan fingerprint density at radius 2 is 2.38 bits per heavy atom. The standard InChI is InChI=1S/C14H15BrN4O2/c1-2-21-14-9(4-3-7-16-14)17-13(20)12-10(15)11(18-19-12)8-5-6-8/h3-4,7-8H,2,5-6H2,1H3,(H,17,20)(H,18,19). The van der Waals surface area contributed by atoms with Gasteiger partial charge in [-0.25, -0.2) is 4.98 Å². The lowest BCUT2D eigenvalue weighted by molar-refractivity contribution is 0.102. The SMILES string of the molecule is CCOc1ncccc1NC(=O)c1n[nH]c(C2CC2)c1Br. The zero-order chi connectivity index (χ0) is 14.8. The van der Waals surface area contributed by atoms with Gasteiger partial charge < -0.3 is 10.1 Å². The molecule has 0 saturated heterocycles. The maximum Gasteiger partial charge on any atom is 0.277 e. The first kappa shape index (κ1) is 14.1. The molecule has 6 nitrogen and oxygen atoms in total. The highest BCUT2D eigenvalue weighted by atomic mass is 79.9. The third-order valence-corrected chi connectivity index (χ3v) is 4.04. The first-order valence-corrected chi connectivity index (χ1v) is 7.63. The van der Waals surface area contributed by atoms with Crippen molar-refractivity contribution in [3.05, 3.63) is 34.2 Å². The van der Waals surface area contributed by atoms with E-state index in [1.807, 2.05) is 6.92 Å². The van der Waals surface area contributed by atoms with Gasteiger partial charge in [-0.1, -0.05) is 0 Å². The molecule has 1 fully saturated rings. The van der Waals surface area contributed by atoms with Crippen molar-refractivity contribution in [1.82, 2.24) is 15.2 Å². The van der Waals surface area contributed by atoms with Crippen LogP contribution < -0.4 is 10.1 Å². The number of pyridine rings is 1. The quantitative estimate of drug-likeness (QED) is 0.868. The molecular weight excluding hydrogens is 336 g/mol. The molecule has 2 N–H and O–H groups in total. The lowest BCUT2D eigenvalue weighted by Gasteiger charge is -2.09. The molecule has 0 spiro atoms. The van der Waals surface area contributed by atoms with Crippen LogP contribution in [0.15, 0.2) is 22.8 Å². The van der Waals surface area contributed by atoms with E-state index in [0.29, 0.717) is 29.8 Å². The van der Waals surface area contributed by atoms with Gasteiger partial charge in [0.1, 0.15) is 5.69 Å². The molecule has 1 amide bonds. The Morgan fingerprint density at radius 1 is 1.57 bits per heavy atom. The maximum absolute atomic E-state index is 12.3. The minimum atomic E-state index is -0.293. The number of nitrogens with zero attached hydrogens (tertiary/aromatic N) is 2. The van der Waals surface area contributed by atoms with Crippen LogP contribution in [0.5, 0.6) is 5.88 Å². The van der Waals surface area contributed by atoms with E-state index in [1.54, 1.807) is 18.3 Å². The van der Waals surface area contributed by atoms with Crippen LogP contribution in [0.2, 0.25) is 0 Å². The fourth-order valence-electron chi connectivity index (χ4n) is 2.05. The fraction of sp³-hybridized carbons (Fsp3) is 0.357. The van der Waals surface area contributed by atoms with Gasteiger partial charge in [-0.05, 0) is 47.8 Å². The summed E-state index contributed by atoms with van der Waals surface area (Å²) in [5, 5.41) is 9.83. The zero-order valence-electron chi connectivity index (χ0n) is 11.5. The Balaban J connectivity index is 1.80. The van der Waals surface area contributed by atoms with Crippen molar-refractivity contribution in [3.63, 3.8) is 0 Å². The summed E-state index contributed by atoms with van der Waals surface area (Å²) in [4.78, 5) is 16.4. The Morgan fingerprint density at radius 3 is 3.10 bits per heavy atom. The molecule has 2 heterocycles. The van der Waals surface area contributed by atoms with Gasteiger partial charge >= 0.3 is 0 Å². The average molecular weight is 351 g/mol. The summed E-state index contributed by atoms with van der Waals surface area (Å²) in [6.45, 7) is 2.35. The number of carbonyl (C=O) groups is 1. The van der Waals surface area contributed by atoms with Crippen molar-refractivity contribution in [1.29, 1.82) is 0 Å². The summed E-state index contributed by atoms with van der Waals surface area (Å²) < 4.78 is 6.13. The monoisotopic (exact) mass is 350 g/mol. The number of anilines is 1. The normalized spacial score (nSPS) is 14.0. The molecule has 0 unspecified atom stereocenters. The van der Waals surface area contributed by atoms with Crippen LogP contribution in [0.1, 0.15) is 41.9 Å². The molecule has 1 aliphatic carbocycles. The third-order valence-electron chi connectivity index (χ3n) is 3.23. The Bertz CT molecular complexity index is 667. The molecule has 3 rings (SSSR count). The summed E-state index contributed by atoms with van der Waals surface area (Å²) in [5.74, 6) is 0.604. The average Bonchev–Trinajstić information content (AvgIpc) is 3.24. The van der Waals surface area contributed by atoms with Crippen LogP contribution in [0.4, 0.5) is 5.69 Å². The molecule has 1 aliphatic rings. The second kappa shape index (κ2) is 5.85. The zero-order valence-corrected chi connectivity index (χ0v) is 13.1. The van der Waals surface area contributed by atoms with E-state index in [9.17, 15) is 4.79 Å². The molecule has 7 heteroatoms. The lowest BCUT2D eigenvalue weighted by Crippen LogP contribution is -2.14. The Kier molecular flexibility index (Phi) is 3.92. The number of amides is 1. The predicted molar refractivity (Wildman–Crippen MR) is 81.6 cm³/mol. The smallest absolute Gasteiger partial charge is 0.277 e. The van der Waals surface area contributed by atoms with Crippen LogP contribution >= 0.6 is 15.9 Å². The van der Waals surface area contributed by atoms with Crippen molar-refractivity contribution in [3.8, 4) is 5.88 Å². The molecule has 0 bridgehead atoms. The van der Waals surface area contributed by atoms with Gasteiger partial charge in [-0.3, -0.25) is 9.89 Å². The molecule has 0 aliphatic heterocycles. The number of hydrogen-bond acceptors (Lipinski definition) is 4. The van der Waals surface area contributed by atoms with Crippen LogP contribution in [-0.2, 0) is 0 Å². The van der Waals surface area contributed by atoms with Crippen molar-refractivity contribution in [2.45, 2.75) is 25.7 Å². The number of hydrogen-bond donors (Lipinski definition) is 2. The van der Waals surface area contributed by atoms with E-state index in [0.717, 1.165) is 23.0 Å². The van der Waals surface area contributed by atoms with Crippen molar-refractivity contribution in [2.75, 3.05) is 11.9 Å². The summed E-state index contributed by atoms with van der Waals surface area (Å²) in [6.07, 6.45) is 3.90. The highest BCUT2D eigenvalue weighted by Gasteiger charge is 2.30. The van der Waals surface area contributed by atoms with Crippen LogP contribution in [0.25, 0.3) is 0 Å². The van der Waals surface area contributed by atoms with E-state index in [1.165, 1.54) is 0 Å². The molecule has 0 atom stereocenters. The molecular formula is C14H15BrN4O2. The molecule has 0 radical (unpaired) electrons. The second-order valence-corrected chi connectivity index (χ2v) is 5.61. The van der Waals surface area contributed by atoms with Gasteiger partial charge in [-0.15, -0.1) is 0 Å². The number of carbonyl (C=O) groups excluding carboxylic acids is 1. The van der Waals surface area contributed by atoms with Gasteiger partial charge in [0.15, 0.2) is 5.69 Å². The number of ether oxygens (including phenoxy) is 1. The number of aromatic nitrogens is 3. The first-order valence-electron chi connectivity index (χ1n) is 6.83. The summed E-state index contributed by atoms with van der Waals surface area (Å²) >= 11 is 3.45. The van der Waals surface area contributed by atoms with Gasteiger partial charge in [0.05, 0.1) is 16.8 Å². The third kappa shape index (κ3) is 2.92. The minimum absolute atomic E-state index is 0.293. The molecule has 2 aromatic rings.